The molecule has 0 aliphatic heterocycles. The lowest BCUT2D eigenvalue weighted by Crippen LogP contribution is -2.21. The van der Waals surface area contributed by atoms with Gasteiger partial charge < -0.3 is 14.3 Å². The van der Waals surface area contributed by atoms with Gasteiger partial charge in [-0.25, -0.2) is 4.98 Å². The van der Waals surface area contributed by atoms with Gasteiger partial charge in [-0.3, -0.25) is 4.79 Å². The number of hydrogen-bond acceptors (Lipinski definition) is 3. The van der Waals surface area contributed by atoms with Crippen LogP contribution in [0, 0.1) is 3.57 Å². The number of nitrogens with zero attached hydrogens (tertiary/aromatic N) is 2. The lowest BCUT2D eigenvalue weighted by Gasteiger charge is -2.08. The molecule has 5 nitrogen and oxygen atoms in total. The molecule has 3 aromatic heterocycles. The average molecular weight is 466 g/mol. The van der Waals surface area contributed by atoms with Crippen LogP contribution in [-0.4, -0.2) is 21.6 Å². The molecule has 0 amide bonds. The minimum atomic E-state index is -0.0830. The highest BCUT2D eigenvalue weighted by Gasteiger charge is 2.14. The van der Waals surface area contributed by atoms with Gasteiger partial charge in [0.15, 0.2) is 0 Å². The Morgan fingerprint density at radius 3 is 2.80 bits per heavy atom. The van der Waals surface area contributed by atoms with Crippen molar-refractivity contribution in [1.82, 2.24) is 14.5 Å². The largest absolute Gasteiger partial charge is 0.497 e. The molecule has 1 aromatic carbocycles. The fraction of sp³-hybridized carbons (Fsp3) is 0.111. The zero-order chi connectivity index (χ0) is 17.6. The molecule has 0 spiro atoms. The van der Waals surface area contributed by atoms with Crippen molar-refractivity contribution in [2.24, 2.45) is 0 Å². The van der Waals surface area contributed by atoms with Gasteiger partial charge in [-0.1, -0.05) is 23.7 Å². The Hall–Kier alpha value is -2.06. The number of ether oxygens (including phenoxy) is 1. The zero-order valence-electron chi connectivity index (χ0n) is 13.2. The predicted octanol–water partition coefficient (Wildman–Crippen LogP) is 4.19. The third-order valence-electron chi connectivity index (χ3n) is 4.11. The minimum absolute atomic E-state index is 0.0830. The summed E-state index contributed by atoms with van der Waals surface area (Å²) in [6, 6.07) is 9.51. The average Bonchev–Trinajstić information content (AvgIpc) is 2.99. The van der Waals surface area contributed by atoms with E-state index in [4.69, 9.17) is 16.3 Å². The molecule has 25 heavy (non-hydrogen) atoms. The molecule has 1 N–H and O–H groups in total. The number of methoxy groups -OCH3 is 1. The summed E-state index contributed by atoms with van der Waals surface area (Å²) >= 11 is 8.30. The van der Waals surface area contributed by atoms with Crippen LogP contribution in [0.4, 0.5) is 0 Å². The number of hydrogen-bond donors (Lipinski definition) is 1. The Kier molecular flexibility index (Phi) is 4.16. The van der Waals surface area contributed by atoms with Crippen molar-refractivity contribution in [2.45, 2.75) is 6.54 Å². The van der Waals surface area contributed by atoms with Crippen molar-refractivity contribution < 1.29 is 4.74 Å². The predicted molar refractivity (Wildman–Crippen MR) is 108 cm³/mol. The van der Waals surface area contributed by atoms with Crippen LogP contribution in [0.1, 0.15) is 5.56 Å². The highest BCUT2D eigenvalue weighted by molar-refractivity contribution is 14.1. The van der Waals surface area contributed by atoms with Crippen LogP contribution in [0.5, 0.6) is 5.75 Å². The highest BCUT2D eigenvalue weighted by atomic mass is 127. The maximum Gasteiger partial charge on any atom is 0.275 e. The molecule has 0 atom stereocenters. The summed E-state index contributed by atoms with van der Waals surface area (Å²) < 4.78 is 7.84. The Bertz CT molecular complexity index is 1150. The molecule has 4 rings (SSSR count). The number of aromatic nitrogens is 3. The van der Waals surface area contributed by atoms with Crippen LogP contribution in [0.2, 0.25) is 5.02 Å². The van der Waals surface area contributed by atoms with Gasteiger partial charge in [0.2, 0.25) is 0 Å². The second-order valence-corrected chi connectivity index (χ2v) is 7.28. The van der Waals surface area contributed by atoms with Crippen molar-refractivity contribution in [3.05, 3.63) is 67.2 Å². The molecule has 0 aliphatic carbocycles. The molecule has 0 saturated carbocycles. The summed E-state index contributed by atoms with van der Waals surface area (Å²) in [5, 5.41) is 2.27. The van der Waals surface area contributed by atoms with Crippen LogP contribution in [-0.2, 0) is 6.54 Å². The molecule has 7 heteroatoms. The molecule has 4 aromatic rings. The van der Waals surface area contributed by atoms with Gasteiger partial charge in [0.05, 0.1) is 18.7 Å². The van der Waals surface area contributed by atoms with E-state index < -0.39 is 0 Å². The molecule has 0 fully saturated rings. The number of pyridine rings is 2. The van der Waals surface area contributed by atoms with Gasteiger partial charge in [0.25, 0.3) is 5.56 Å². The minimum Gasteiger partial charge on any atom is -0.497 e. The molecular weight excluding hydrogens is 453 g/mol. The first-order valence-electron chi connectivity index (χ1n) is 7.55. The van der Waals surface area contributed by atoms with E-state index in [0.29, 0.717) is 22.7 Å². The fourth-order valence-electron chi connectivity index (χ4n) is 2.90. The first-order valence-corrected chi connectivity index (χ1v) is 9.01. The Balaban J connectivity index is 1.86. The Labute approximate surface area is 161 Å². The number of rotatable bonds is 3. The van der Waals surface area contributed by atoms with Gasteiger partial charge in [-0.15, -0.1) is 0 Å². The van der Waals surface area contributed by atoms with Crippen molar-refractivity contribution in [3.8, 4) is 5.75 Å². The summed E-state index contributed by atoms with van der Waals surface area (Å²) in [7, 11) is 1.63. The molecular formula is C18H13ClIN3O2. The smallest absolute Gasteiger partial charge is 0.275 e. The maximum atomic E-state index is 12.9. The second-order valence-electron chi connectivity index (χ2n) is 5.68. The summed E-state index contributed by atoms with van der Waals surface area (Å²) in [6.07, 6.45) is 3.44. The summed E-state index contributed by atoms with van der Waals surface area (Å²) in [6.45, 7) is 0.484. The Morgan fingerprint density at radius 1 is 1.32 bits per heavy atom. The fourth-order valence-corrected chi connectivity index (χ4v) is 3.96. The normalized spacial score (nSPS) is 11.3. The van der Waals surface area contributed by atoms with Crippen LogP contribution in [0.15, 0.2) is 47.5 Å². The third-order valence-corrected chi connectivity index (χ3v) is 5.14. The molecule has 0 radical (unpaired) electrons. The summed E-state index contributed by atoms with van der Waals surface area (Å²) in [4.78, 5) is 20.3. The topological polar surface area (TPSA) is 59.9 Å². The van der Waals surface area contributed by atoms with E-state index in [1.807, 2.05) is 36.5 Å². The molecule has 0 unspecified atom stereocenters. The standard InChI is InChI=1S/C18H13ClIN3O2/c1-25-12-4-2-10(3-5-12)8-23-9-14(20)15-13-6-11(19)7-21-17(13)22-16(15)18(23)24/h2-7,9H,8H2,1H3,(H,21,22). The monoisotopic (exact) mass is 465 g/mol. The lowest BCUT2D eigenvalue weighted by molar-refractivity contribution is 0.414. The van der Waals surface area contributed by atoms with Crippen LogP contribution >= 0.6 is 34.2 Å². The maximum absolute atomic E-state index is 12.9. The van der Waals surface area contributed by atoms with E-state index in [0.717, 1.165) is 25.7 Å². The van der Waals surface area contributed by atoms with Crippen molar-refractivity contribution in [3.63, 3.8) is 0 Å². The van der Waals surface area contributed by atoms with Crippen molar-refractivity contribution in [2.75, 3.05) is 7.11 Å². The number of benzene rings is 1. The third kappa shape index (κ3) is 2.89. The van der Waals surface area contributed by atoms with Gasteiger partial charge in [-0.2, -0.15) is 0 Å². The van der Waals surface area contributed by atoms with Gasteiger partial charge in [0, 0.05) is 26.7 Å². The first-order chi connectivity index (χ1) is 12.1. The summed E-state index contributed by atoms with van der Waals surface area (Å²) in [5.41, 5.74) is 2.15. The van der Waals surface area contributed by atoms with E-state index in [2.05, 4.69) is 32.6 Å². The van der Waals surface area contributed by atoms with Crippen molar-refractivity contribution >= 4 is 56.1 Å². The number of aromatic amines is 1. The van der Waals surface area contributed by atoms with Gasteiger partial charge in [-0.05, 0) is 46.4 Å². The van der Waals surface area contributed by atoms with E-state index in [1.54, 1.807) is 17.9 Å². The van der Waals surface area contributed by atoms with E-state index >= 15 is 0 Å². The molecule has 0 bridgehead atoms. The van der Waals surface area contributed by atoms with Crippen LogP contribution in [0.3, 0.4) is 0 Å². The molecule has 126 valence electrons. The van der Waals surface area contributed by atoms with Gasteiger partial charge in [0.1, 0.15) is 16.9 Å². The van der Waals surface area contributed by atoms with E-state index in [-0.39, 0.29) is 5.56 Å². The molecule has 3 heterocycles. The highest BCUT2D eigenvalue weighted by Crippen LogP contribution is 2.28. The number of nitrogens with one attached hydrogen (secondary N) is 1. The number of fused-ring (bicyclic) bond motifs is 3. The second kappa shape index (κ2) is 6.34. The zero-order valence-corrected chi connectivity index (χ0v) is 16.1. The quantitative estimate of drug-likeness (QED) is 0.462. The Morgan fingerprint density at radius 2 is 2.08 bits per heavy atom. The van der Waals surface area contributed by atoms with Crippen molar-refractivity contribution in [1.29, 1.82) is 0 Å². The SMILES string of the molecule is COc1ccc(Cn2cc(I)c3c([nH]c4ncc(Cl)cc43)c2=O)cc1. The van der Waals surface area contributed by atoms with E-state index in [1.165, 1.54) is 0 Å². The van der Waals surface area contributed by atoms with Crippen LogP contribution < -0.4 is 10.3 Å². The first kappa shape index (κ1) is 16.4. The molecule has 0 aliphatic rings. The lowest BCUT2D eigenvalue weighted by atomic mass is 10.2. The number of H-pyrrole nitrogens is 1. The van der Waals surface area contributed by atoms with Gasteiger partial charge >= 0.3 is 0 Å². The summed E-state index contributed by atoms with van der Waals surface area (Å²) in [5.74, 6) is 0.791. The molecule has 0 saturated heterocycles. The van der Waals surface area contributed by atoms with Crippen LogP contribution in [0.25, 0.3) is 21.9 Å². The number of halogens is 2. The van der Waals surface area contributed by atoms with E-state index in [9.17, 15) is 4.79 Å².